The van der Waals surface area contributed by atoms with Gasteiger partial charge < -0.3 is 10.2 Å². The van der Waals surface area contributed by atoms with E-state index >= 15 is 0 Å². The Labute approximate surface area is 140 Å². The van der Waals surface area contributed by atoms with E-state index in [2.05, 4.69) is 5.32 Å². The summed E-state index contributed by atoms with van der Waals surface area (Å²) in [5, 5.41) is 2.61. The van der Waals surface area contributed by atoms with Crippen molar-refractivity contribution >= 4 is 33.4 Å². The van der Waals surface area contributed by atoms with Gasteiger partial charge in [-0.3, -0.25) is 14.5 Å². The Bertz CT molecular complexity index is 775. The molecule has 24 heavy (non-hydrogen) atoms. The molecule has 0 radical (unpaired) electrons. The van der Waals surface area contributed by atoms with Crippen LogP contribution in [0.15, 0.2) is 29.2 Å². The maximum absolute atomic E-state index is 11.9. The SMILES string of the molecule is CN1CC(=O)N(CCCC(=O)Nc2cccc(S(C)(=O)=O)c2)C1=O. The van der Waals surface area contributed by atoms with Crippen LogP contribution in [-0.4, -0.2) is 62.5 Å². The van der Waals surface area contributed by atoms with Crippen LogP contribution in [0.4, 0.5) is 10.5 Å². The van der Waals surface area contributed by atoms with Crippen LogP contribution in [-0.2, 0) is 19.4 Å². The van der Waals surface area contributed by atoms with E-state index in [1.807, 2.05) is 0 Å². The van der Waals surface area contributed by atoms with Gasteiger partial charge in [0.2, 0.25) is 11.8 Å². The Hall–Kier alpha value is -2.42. The van der Waals surface area contributed by atoms with Crippen LogP contribution in [0.25, 0.3) is 0 Å². The third-order valence-corrected chi connectivity index (χ3v) is 4.67. The summed E-state index contributed by atoms with van der Waals surface area (Å²) >= 11 is 0. The lowest BCUT2D eigenvalue weighted by Gasteiger charge is -2.13. The Morgan fingerprint density at radius 2 is 2.00 bits per heavy atom. The van der Waals surface area contributed by atoms with Gasteiger partial charge in [-0.2, -0.15) is 0 Å². The molecule has 0 unspecified atom stereocenters. The van der Waals surface area contributed by atoms with Crippen molar-refractivity contribution in [3.05, 3.63) is 24.3 Å². The molecule has 1 fully saturated rings. The van der Waals surface area contributed by atoms with E-state index in [0.717, 1.165) is 11.2 Å². The lowest BCUT2D eigenvalue weighted by atomic mass is 10.2. The van der Waals surface area contributed by atoms with Gasteiger partial charge in [0.1, 0.15) is 6.54 Å². The van der Waals surface area contributed by atoms with Crippen LogP contribution in [0, 0.1) is 0 Å². The van der Waals surface area contributed by atoms with Gasteiger partial charge in [-0.1, -0.05) is 6.07 Å². The molecule has 0 bridgehead atoms. The Morgan fingerprint density at radius 1 is 1.29 bits per heavy atom. The third-order valence-electron chi connectivity index (χ3n) is 3.56. The average Bonchev–Trinajstić information content (AvgIpc) is 2.73. The van der Waals surface area contributed by atoms with Crippen molar-refractivity contribution in [1.29, 1.82) is 0 Å². The van der Waals surface area contributed by atoms with Crippen molar-refractivity contribution in [3.8, 4) is 0 Å². The lowest BCUT2D eigenvalue weighted by Crippen LogP contribution is -2.32. The summed E-state index contributed by atoms with van der Waals surface area (Å²) in [5.74, 6) is -0.586. The van der Waals surface area contributed by atoms with Crippen LogP contribution < -0.4 is 5.32 Å². The zero-order chi connectivity index (χ0) is 17.9. The number of hydrogen-bond donors (Lipinski definition) is 1. The minimum absolute atomic E-state index is 0.0588. The maximum atomic E-state index is 11.9. The molecule has 2 rings (SSSR count). The number of benzene rings is 1. The fourth-order valence-corrected chi connectivity index (χ4v) is 2.98. The molecule has 0 saturated carbocycles. The van der Waals surface area contributed by atoms with E-state index in [9.17, 15) is 22.8 Å². The van der Waals surface area contributed by atoms with Crippen LogP contribution in [0.2, 0.25) is 0 Å². The number of carbonyl (C=O) groups excluding carboxylic acids is 3. The Balaban J connectivity index is 1.86. The highest BCUT2D eigenvalue weighted by Crippen LogP contribution is 2.16. The number of nitrogens with one attached hydrogen (secondary N) is 1. The molecule has 9 heteroatoms. The summed E-state index contributed by atoms with van der Waals surface area (Å²) in [6.45, 7) is 0.238. The van der Waals surface area contributed by atoms with Crippen molar-refractivity contribution in [1.82, 2.24) is 9.80 Å². The monoisotopic (exact) mass is 353 g/mol. The standard InChI is InChI=1S/C15H19N3O5S/c1-17-10-14(20)18(15(17)21)8-4-7-13(19)16-11-5-3-6-12(9-11)24(2,22)23/h3,5-6,9H,4,7-8,10H2,1-2H3,(H,16,19). The van der Waals surface area contributed by atoms with Gasteiger partial charge in [-0.15, -0.1) is 0 Å². The minimum Gasteiger partial charge on any atom is -0.326 e. The highest BCUT2D eigenvalue weighted by atomic mass is 32.2. The highest BCUT2D eigenvalue weighted by Gasteiger charge is 2.32. The number of amides is 4. The molecule has 0 atom stereocenters. The second-order valence-electron chi connectivity index (χ2n) is 5.64. The predicted molar refractivity (Wildman–Crippen MR) is 87.2 cm³/mol. The van der Waals surface area contributed by atoms with Crippen molar-refractivity contribution in [2.75, 3.05) is 31.7 Å². The van der Waals surface area contributed by atoms with Crippen LogP contribution in [0.5, 0.6) is 0 Å². The zero-order valence-electron chi connectivity index (χ0n) is 13.5. The van der Waals surface area contributed by atoms with E-state index in [1.54, 1.807) is 19.2 Å². The molecule has 130 valence electrons. The summed E-state index contributed by atoms with van der Waals surface area (Å²) < 4.78 is 23.0. The largest absolute Gasteiger partial charge is 0.326 e. The number of urea groups is 1. The quantitative estimate of drug-likeness (QED) is 0.758. The number of rotatable bonds is 6. The van der Waals surface area contributed by atoms with Gasteiger partial charge >= 0.3 is 6.03 Å². The summed E-state index contributed by atoms with van der Waals surface area (Å²) in [6, 6.07) is 5.61. The third kappa shape index (κ3) is 4.31. The van der Waals surface area contributed by atoms with Gasteiger partial charge in [0.15, 0.2) is 9.84 Å². The van der Waals surface area contributed by atoms with Crippen LogP contribution >= 0.6 is 0 Å². The maximum Gasteiger partial charge on any atom is 0.326 e. The molecule has 8 nitrogen and oxygen atoms in total. The Morgan fingerprint density at radius 3 is 2.58 bits per heavy atom. The molecule has 0 aliphatic carbocycles. The molecule has 1 saturated heterocycles. The van der Waals surface area contributed by atoms with E-state index < -0.39 is 9.84 Å². The van der Waals surface area contributed by atoms with Crippen LogP contribution in [0.1, 0.15) is 12.8 Å². The lowest BCUT2D eigenvalue weighted by molar-refractivity contribution is -0.125. The van der Waals surface area contributed by atoms with Crippen molar-refractivity contribution in [2.45, 2.75) is 17.7 Å². The number of anilines is 1. The number of imide groups is 1. The smallest absolute Gasteiger partial charge is 0.326 e. The summed E-state index contributed by atoms with van der Waals surface area (Å²) in [7, 11) is -1.80. The minimum atomic E-state index is -3.34. The first kappa shape index (κ1) is 17.9. The first-order valence-electron chi connectivity index (χ1n) is 7.34. The molecule has 4 amide bonds. The molecule has 1 heterocycles. The fourth-order valence-electron chi connectivity index (χ4n) is 2.31. The second-order valence-corrected chi connectivity index (χ2v) is 7.65. The first-order chi connectivity index (χ1) is 11.2. The number of likely N-dealkylation sites (N-methyl/N-ethyl adjacent to an activating group) is 1. The topological polar surface area (TPSA) is 104 Å². The van der Waals surface area contributed by atoms with Crippen LogP contribution in [0.3, 0.4) is 0 Å². The summed E-state index contributed by atoms with van der Waals surface area (Å²) in [5.41, 5.74) is 0.385. The summed E-state index contributed by atoms with van der Waals surface area (Å²) in [6.07, 6.45) is 1.54. The number of sulfone groups is 1. The van der Waals surface area contributed by atoms with Gasteiger partial charge in [-0.05, 0) is 24.6 Å². The first-order valence-corrected chi connectivity index (χ1v) is 9.23. The number of nitrogens with zero attached hydrogens (tertiary/aromatic N) is 2. The summed E-state index contributed by atoms with van der Waals surface area (Å²) in [4.78, 5) is 37.8. The van der Waals surface area contributed by atoms with Gasteiger partial charge in [0.25, 0.3) is 0 Å². The number of hydrogen-bond acceptors (Lipinski definition) is 5. The van der Waals surface area contributed by atoms with Gasteiger partial charge in [0, 0.05) is 32.0 Å². The molecule has 0 aromatic heterocycles. The van der Waals surface area contributed by atoms with E-state index in [1.165, 1.54) is 17.0 Å². The average molecular weight is 353 g/mol. The predicted octanol–water partition coefficient (Wildman–Crippen LogP) is 0.703. The molecule has 1 aromatic carbocycles. The van der Waals surface area contributed by atoms with E-state index in [0.29, 0.717) is 12.1 Å². The van der Waals surface area contributed by atoms with Crippen molar-refractivity contribution in [2.24, 2.45) is 0 Å². The van der Waals surface area contributed by atoms with Gasteiger partial charge in [-0.25, -0.2) is 13.2 Å². The molecule has 1 aromatic rings. The van der Waals surface area contributed by atoms with Gasteiger partial charge in [0.05, 0.1) is 4.90 Å². The number of carbonyl (C=O) groups is 3. The molecule has 1 aliphatic rings. The highest BCUT2D eigenvalue weighted by molar-refractivity contribution is 7.90. The normalized spacial score (nSPS) is 15.1. The Kier molecular flexibility index (Phi) is 5.23. The molecule has 1 N–H and O–H groups in total. The zero-order valence-corrected chi connectivity index (χ0v) is 14.3. The van der Waals surface area contributed by atoms with E-state index in [-0.39, 0.29) is 42.3 Å². The molecular formula is C15H19N3O5S. The fraction of sp³-hybridized carbons (Fsp3) is 0.400. The van der Waals surface area contributed by atoms with Crippen molar-refractivity contribution < 1.29 is 22.8 Å². The molecule has 0 spiro atoms. The molecular weight excluding hydrogens is 334 g/mol. The van der Waals surface area contributed by atoms with Crippen molar-refractivity contribution in [3.63, 3.8) is 0 Å². The van der Waals surface area contributed by atoms with E-state index in [4.69, 9.17) is 0 Å². The molecule has 1 aliphatic heterocycles. The second kappa shape index (κ2) is 7.00.